The Balaban J connectivity index is 0.00000224. The predicted molar refractivity (Wildman–Crippen MR) is 209 cm³/mol. The largest absolute Gasteiger partial charge is 1.00 e. The van der Waals surface area contributed by atoms with Gasteiger partial charge in [0.2, 0.25) is 0 Å². The summed E-state index contributed by atoms with van der Waals surface area (Å²) in [7, 11) is 0. The number of rotatable bonds is 10. The van der Waals surface area contributed by atoms with Crippen LogP contribution in [0, 0.1) is 0 Å². The molecule has 0 N–H and O–H groups in total. The third kappa shape index (κ3) is 6.39. The molecule has 0 aromatic heterocycles. The number of allylic oxidation sites excluding steroid dienone is 2. The van der Waals surface area contributed by atoms with Crippen molar-refractivity contribution >= 4 is 12.2 Å². The molecular weight excluding hydrogens is 695 g/mol. The molecule has 4 aromatic rings. The molecule has 0 spiro atoms. The summed E-state index contributed by atoms with van der Waals surface area (Å²) in [6.45, 7) is 14.0. The van der Waals surface area contributed by atoms with E-state index in [1.165, 1.54) is 84.7 Å². The number of hydrogen-bond donors (Lipinski definition) is 0. The molecule has 0 amide bonds. The number of halogens is 2. The first-order chi connectivity index (χ1) is 23.9. The molecule has 1 heterocycles. The minimum absolute atomic E-state index is 0. The van der Waals surface area contributed by atoms with E-state index in [-0.39, 0.29) is 24.8 Å². The van der Waals surface area contributed by atoms with Crippen LogP contribution >= 0.6 is 0 Å². The summed E-state index contributed by atoms with van der Waals surface area (Å²) in [5.74, 6) is 1.11. The number of fused-ring (bicyclic) bond motifs is 3. The Morgan fingerprint density at radius 2 is 0.941 bits per heavy atom. The quantitative estimate of drug-likeness (QED) is 0.142. The molecule has 266 valence electrons. The van der Waals surface area contributed by atoms with Crippen molar-refractivity contribution < 1.29 is 41.4 Å². The molecule has 4 aromatic carbocycles. The van der Waals surface area contributed by atoms with Gasteiger partial charge in [-0.3, -0.25) is 0 Å². The molecule has 3 heteroatoms. The molecule has 4 atom stereocenters. The minimum atomic E-state index is -2.68. The van der Waals surface area contributed by atoms with Crippen LogP contribution in [0.1, 0.15) is 147 Å². The van der Waals surface area contributed by atoms with E-state index in [0.717, 1.165) is 8.45 Å². The van der Waals surface area contributed by atoms with Gasteiger partial charge in [0, 0.05) is 0 Å². The summed E-state index contributed by atoms with van der Waals surface area (Å²) >= 11 is -2.68. The molecule has 3 aliphatic carbocycles. The second kappa shape index (κ2) is 15.6. The van der Waals surface area contributed by atoms with Gasteiger partial charge in [-0.1, -0.05) is 0 Å². The van der Waals surface area contributed by atoms with E-state index in [1.54, 1.807) is 33.4 Å². The van der Waals surface area contributed by atoms with E-state index in [9.17, 15) is 0 Å². The average molecular weight is 752 g/mol. The SMILES string of the molecule is CCCC1=Cc2c(-c3ccc(C(C)C)cc3)cccc2[CH]1[Ti+2]1([CH]2C(CCC)=Cc3c(-c4ccc(C(C)C)cc4)cccc32)[CH]2CCCC[CH]21.[Cl-].[Cl-]. The first-order valence-electron chi connectivity index (χ1n) is 19.8. The Kier molecular flexibility index (Phi) is 11.7. The number of benzene rings is 4. The van der Waals surface area contributed by atoms with Gasteiger partial charge >= 0.3 is 302 Å². The third-order valence-electron chi connectivity index (χ3n) is 13.1. The maximum atomic E-state index is 2.72. The van der Waals surface area contributed by atoms with Gasteiger partial charge < -0.3 is 24.8 Å². The van der Waals surface area contributed by atoms with Gasteiger partial charge in [-0.15, -0.1) is 0 Å². The molecule has 51 heavy (non-hydrogen) atoms. The first kappa shape index (κ1) is 38.4. The van der Waals surface area contributed by atoms with E-state index in [1.807, 2.05) is 0 Å². The van der Waals surface area contributed by atoms with E-state index in [2.05, 4.69) is 139 Å². The fourth-order valence-corrected chi connectivity index (χ4v) is 25.1. The van der Waals surface area contributed by atoms with Gasteiger partial charge in [-0.25, -0.2) is 0 Å². The van der Waals surface area contributed by atoms with Crippen molar-refractivity contribution in [2.75, 3.05) is 0 Å². The van der Waals surface area contributed by atoms with Crippen LogP contribution in [-0.2, 0) is 16.6 Å². The standard InChI is InChI=1S/2C21H23.C6H10.2ClH.Ti/c2*1-4-6-16-13-19-7-5-8-20(21(19)14-16)18-11-9-17(10-12-18)15(2)3;1-2-4-6-5-3-1;;;/h2*5,7-15H,4,6H2,1-3H3;1-2H,3-6H2;2*1H;/q;;;;;+2/p-2. The summed E-state index contributed by atoms with van der Waals surface area (Å²) < 4.78 is 3.35. The smallest absolute Gasteiger partial charge is 1.00 e. The zero-order chi connectivity index (χ0) is 33.9. The molecule has 0 bridgehead atoms. The van der Waals surface area contributed by atoms with Crippen LogP contribution in [0.25, 0.3) is 34.4 Å². The van der Waals surface area contributed by atoms with Crippen LogP contribution in [0.5, 0.6) is 0 Å². The Morgan fingerprint density at radius 3 is 1.29 bits per heavy atom. The van der Waals surface area contributed by atoms with Crippen LogP contribution in [0.15, 0.2) is 96.1 Å². The van der Waals surface area contributed by atoms with Crippen LogP contribution in [0.2, 0.25) is 8.45 Å². The zero-order valence-electron chi connectivity index (χ0n) is 31.6. The van der Waals surface area contributed by atoms with E-state index in [0.29, 0.717) is 20.3 Å². The monoisotopic (exact) mass is 750 g/mol. The van der Waals surface area contributed by atoms with Crippen molar-refractivity contribution in [3.63, 3.8) is 0 Å². The molecule has 8 rings (SSSR count). The fraction of sp³-hybridized carbons (Fsp3) is 0.417. The Bertz CT molecular complexity index is 1770. The number of hydrogen-bond acceptors (Lipinski definition) is 0. The van der Waals surface area contributed by atoms with Crippen LogP contribution in [-0.4, -0.2) is 0 Å². The molecule has 4 aliphatic rings. The molecular formula is C48H56Cl2Ti. The predicted octanol–water partition coefficient (Wildman–Crippen LogP) is 8.77. The van der Waals surface area contributed by atoms with Crippen LogP contribution in [0.3, 0.4) is 0 Å². The topological polar surface area (TPSA) is 0 Å². The van der Waals surface area contributed by atoms with Crippen molar-refractivity contribution in [1.29, 1.82) is 0 Å². The zero-order valence-corrected chi connectivity index (χ0v) is 34.7. The first-order valence-corrected chi connectivity index (χ1v) is 23.4. The van der Waals surface area contributed by atoms with Gasteiger partial charge in [0.1, 0.15) is 0 Å². The molecule has 0 nitrogen and oxygen atoms in total. The van der Waals surface area contributed by atoms with Crippen molar-refractivity contribution in [2.24, 2.45) is 0 Å². The fourth-order valence-electron chi connectivity index (χ4n) is 11.0. The summed E-state index contributed by atoms with van der Waals surface area (Å²) in [6, 6.07) is 33.8. The Labute approximate surface area is 324 Å². The van der Waals surface area contributed by atoms with Crippen LogP contribution in [0.4, 0.5) is 0 Å². The van der Waals surface area contributed by atoms with Crippen molar-refractivity contribution in [1.82, 2.24) is 0 Å². The molecule has 1 saturated heterocycles. The van der Waals surface area contributed by atoms with Gasteiger partial charge in [0.25, 0.3) is 0 Å². The second-order valence-corrected chi connectivity index (χ2v) is 23.7. The maximum absolute atomic E-state index is 2.72. The Morgan fingerprint density at radius 1 is 0.549 bits per heavy atom. The normalized spacial score (nSPS) is 23.0. The Hall–Kier alpha value is -2.35. The molecule has 1 saturated carbocycles. The summed E-state index contributed by atoms with van der Waals surface area (Å²) in [4.78, 5) is 0. The van der Waals surface area contributed by atoms with Crippen molar-refractivity contribution in [2.45, 2.75) is 122 Å². The summed E-state index contributed by atoms with van der Waals surface area (Å²) in [5.41, 5.74) is 18.6. The van der Waals surface area contributed by atoms with Crippen LogP contribution < -0.4 is 24.8 Å². The molecule has 4 unspecified atom stereocenters. The molecule has 1 aliphatic heterocycles. The van der Waals surface area contributed by atoms with Gasteiger partial charge in [0.05, 0.1) is 0 Å². The molecule has 2 fully saturated rings. The molecule has 0 radical (unpaired) electrons. The van der Waals surface area contributed by atoms with Crippen molar-refractivity contribution in [3.05, 3.63) is 129 Å². The second-order valence-electron chi connectivity index (χ2n) is 16.5. The van der Waals surface area contributed by atoms with E-state index >= 15 is 0 Å². The van der Waals surface area contributed by atoms with E-state index in [4.69, 9.17) is 0 Å². The summed E-state index contributed by atoms with van der Waals surface area (Å²) in [6.07, 6.45) is 16.2. The van der Waals surface area contributed by atoms with E-state index < -0.39 is 16.6 Å². The average Bonchev–Trinajstić information content (AvgIpc) is 3.39. The summed E-state index contributed by atoms with van der Waals surface area (Å²) in [5, 5.41) is 0. The third-order valence-corrected chi connectivity index (χ3v) is 23.9. The van der Waals surface area contributed by atoms with Gasteiger partial charge in [0.15, 0.2) is 0 Å². The minimum Gasteiger partial charge on any atom is -1.00 e. The van der Waals surface area contributed by atoms with Gasteiger partial charge in [-0.05, 0) is 0 Å². The van der Waals surface area contributed by atoms with Crippen molar-refractivity contribution in [3.8, 4) is 22.3 Å². The van der Waals surface area contributed by atoms with Gasteiger partial charge in [-0.2, -0.15) is 0 Å². The maximum Gasteiger partial charge on any atom is -1.00 e.